The van der Waals surface area contributed by atoms with Gasteiger partial charge < -0.3 is 5.32 Å². The van der Waals surface area contributed by atoms with E-state index >= 15 is 0 Å². The summed E-state index contributed by atoms with van der Waals surface area (Å²) in [6, 6.07) is 9.00. The van der Waals surface area contributed by atoms with Crippen molar-refractivity contribution in [3.63, 3.8) is 0 Å². The second kappa shape index (κ2) is 5.32. The second-order valence-electron chi connectivity index (χ2n) is 5.67. The predicted molar refractivity (Wildman–Crippen MR) is 79.0 cm³/mol. The third-order valence-corrected chi connectivity index (χ3v) is 5.03. The Kier molecular flexibility index (Phi) is 3.73. The van der Waals surface area contributed by atoms with Gasteiger partial charge in [-0.05, 0) is 30.5 Å². The summed E-state index contributed by atoms with van der Waals surface area (Å²) >= 11 is 3.53. The van der Waals surface area contributed by atoms with Crippen LogP contribution >= 0.6 is 15.9 Å². The molecule has 3 rings (SSSR count). The van der Waals surface area contributed by atoms with Crippen LogP contribution < -0.4 is 5.32 Å². The van der Waals surface area contributed by atoms with E-state index in [1.54, 1.807) is 0 Å². The number of nitrogens with one attached hydrogen (secondary N) is 1. The number of halogens is 1. The van der Waals surface area contributed by atoms with Crippen molar-refractivity contribution in [2.45, 2.75) is 24.7 Å². The van der Waals surface area contributed by atoms with Gasteiger partial charge in [-0.15, -0.1) is 0 Å². The van der Waals surface area contributed by atoms with Crippen LogP contribution in [0.2, 0.25) is 0 Å². The van der Waals surface area contributed by atoms with Crippen molar-refractivity contribution in [3.8, 4) is 0 Å². The maximum Gasteiger partial charge on any atom is 0.0175 e. The van der Waals surface area contributed by atoms with Crippen molar-refractivity contribution in [2.75, 3.05) is 32.7 Å². The summed E-state index contributed by atoms with van der Waals surface area (Å²) in [6.07, 6.45) is 4.11. The number of piperazine rings is 1. The van der Waals surface area contributed by atoms with E-state index in [9.17, 15) is 0 Å². The molecule has 0 aromatic heterocycles. The van der Waals surface area contributed by atoms with Crippen LogP contribution in [0.5, 0.6) is 0 Å². The van der Waals surface area contributed by atoms with E-state index in [1.807, 2.05) is 0 Å². The van der Waals surface area contributed by atoms with E-state index in [1.165, 1.54) is 48.9 Å². The van der Waals surface area contributed by atoms with E-state index < -0.39 is 0 Å². The Morgan fingerprint density at radius 3 is 2.33 bits per heavy atom. The summed E-state index contributed by atoms with van der Waals surface area (Å²) in [4.78, 5) is 2.64. The van der Waals surface area contributed by atoms with Crippen molar-refractivity contribution in [3.05, 3.63) is 34.3 Å². The van der Waals surface area contributed by atoms with Crippen molar-refractivity contribution in [1.82, 2.24) is 10.2 Å². The summed E-state index contributed by atoms with van der Waals surface area (Å²) < 4.78 is 1.18. The number of hydrogen-bond acceptors (Lipinski definition) is 2. The number of nitrogens with zero attached hydrogens (tertiary/aromatic N) is 1. The fraction of sp³-hybridized carbons (Fsp3) is 0.600. The van der Waals surface area contributed by atoms with Crippen molar-refractivity contribution >= 4 is 15.9 Å². The van der Waals surface area contributed by atoms with E-state index in [-0.39, 0.29) is 0 Å². The molecular formula is C15H21BrN2. The lowest BCUT2D eigenvalue weighted by Crippen LogP contribution is -2.51. The summed E-state index contributed by atoms with van der Waals surface area (Å²) in [7, 11) is 0. The molecule has 1 aromatic carbocycles. The van der Waals surface area contributed by atoms with Crippen molar-refractivity contribution in [2.24, 2.45) is 0 Å². The minimum atomic E-state index is 0.442. The van der Waals surface area contributed by atoms with Gasteiger partial charge in [0.05, 0.1) is 0 Å². The van der Waals surface area contributed by atoms with Crippen LogP contribution in [0.4, 0.5) is 0 Å². The van der Waals surface area contributed by atoms with Crippen LogP contribution in [0.25, 0.3) is 0 Å². The number of benzene rings is 1. The first kappa shape index (κ1) is 12.6. The van der Waals surface area contributed by atoms with E-state index in [0.29, 0.717) is 5.41 Å². The highest BCUT2D eigenvalue weighted by Gasteiger charge is 2.40. The zero-order chi connectivity index (χ0) is 12.4. The number of hydrogen-bond donors (Lipinski definition) is 1. The first-order valence-corrected chi connectivity index (χ1v) is 7.77. The largest absolute Gasteiger partial charge is 0.314 e. The number of rotatable bonds is 3. The normalized spacial score (nSPS) is 23.6. The van der Waals surface area contributed by atoms with Gasteiger partial charge in [0.2, 0.25) is 0 Å². The van der Waals surface area contributed by atoms with Crippen LogP contribution in [0, 0.1) is 0 Å². The molecule has 2 fully saturated rings. The van der Waals surface area contributed by atoms with E-state index in [2.05, 4.69) is 50.4 Å². The molecule has 0 spiro atoms. The molecule has 1 aliphatic heterocycles. The van der Waals surface area contributed by atoms with Crippen molar-refractivity contribution < 1.29 is 0 Å². The fourth-order valence-electron chi connectivity index (χ4n) is 3.24. The zero-order valence-corrected chi connectivity index (χ0v) is 12.4. The molecule has 98 valence electrons. The smallest absolute Gasteiger partial charge is 0.0175 e. The molecule has 1 aromatic rings. The molecule has 2 aliphatic rings. The minimum absolute atomic E-state index is 0.442. The topological polar surface area (TPSA) is 15.3 Å². The Morgan fingerprint density at radius 1 is 1.11 bits per heavy atom. The lowest BCUT2D eigenvalue weighted by atomic mass is 9.64. The molecule has 0 amide bonds. The van der Waals surface area contributed by atoms with Gasteiger partial charge in [0.1, 0.15) is 0 Å². The summed E-state index contributed by atoms with van der Waals surface area (Å²) in [5.74, 6) is 0. The Labute approximate surface area is 118 Å². The van der Waals surface area contributed by atoms with Crippen molar-refractivity contribution in [1.29, 1.82) is 0 Å². The Hall–Kier alpha value is -0.380. The van der Waals surface area contributed by atoms with Crippen LogP contribution in [0.1, 0.15) is 24.8 Å². The molecule has 0 bridgehead atoms. The van der Waals surface area contributed by atoms with Gasteiger partial charge in [-0.3, -0.25) is 4.90 Å². The summed E-state index contributed by atoms with van der Waals surface area (Å²) in [5.41, 5.74) is 1.98. The molecule has 1 aliphatic carbocycles. The SMILES string of the molecule is Brc1ccc(C2(CN3CCNCC3)CCC2)cc1. The van der Waals surface area contributed by atoms with Gasteiger partial charge in [0, 0.05) is 42.6 Å². The first-order valence-electron chi connectivity index (χ1n) is 6.98. The first-order chi connectivity index (χ1) is 8.78. The molecule has 0 atom stereocenters. The van der Waals surface area contributed by atoms with E-state index in [0.717, 1.165) is 13.1 Å². The standard InChI is InChI=1S/C15H21BrN2/c16-14-4-2-13(3-5-14)15(6-1-7-15)12-18-10-8-17-9-11-18/h2-5,17H,1,6-12H2. The molecule has 1 heterocycles. The van der Waals surface area contributed by atoms with Gasteiger partial charge in [-0.25, -0.2) is 0 Å². The predicted octanol–water partition coefficient (Wildman–Crippen LogP) is 2.78. The molecule has 2 nitrogen and oxygen atoms in total. The summed E-state index contributed by atoms with van der Waals surface area (Å²) in [5, 5.41) is 3.44. The van der Waals surface area contributed by atoms with Gasteiger partial charge in [-0.2, -0.15) is 0 Å². The molecule has 1 N–H and O–H groups in total. The molecule has 0 radical (unpaired) electrons. The van der Waals surface area contributed by atoms with Gasteiger partial charge in [0.25, 0.3) is 0 Å². The Morgan fingerprint density at radius 2 is 1.78 bits per heavy atom. The summed E-state index contributed by atoms with van der Waals surface area (Å²) in [6.45, 7) is 5.96. The molecule has 1 saturated heterocycles. The van der Waals surface area contributed by atoms with Gasteiger partial charge in [-0.1, -0.05) is 34.5 Å². The fourth-order valence-corrected chi connectivity index (χ4v) is 3.51. The lowest BCUT2D eigenvalue weighted by Gasteiger charge is -2.46. The molecular weight excluding hydrogens is 288 g/mol. The highest BCUT2D eigenvalue weighted by molar-refractivity contribution is 9.10. The Bertz CT molecular complexity index is 391. The molecule has 1 saturated carbocycles. The monoisotopic (exact) mass is 308 g/mol. The zero-order valence-electron chi connectivity index (χ0n) is 10.8. The molecule has 0 unspecified atom stereocenters. The maximum atomic E-state index is 3.53. The maximum absolute atomic E-state index is 3.53. The minimum Gasteiger partial charge on any atom is -0.314 e. The average molecular weight is 309 g/mol. The second-order valence-corrected chi connectivity index (χ2v) is 6.58. The van der Waals surface area contributed by atoms with Crippen LogP contribution in [-0.2, 0) is 5.41 Å². The highest BCUT2D eigenvalue weighted by atomic mass is 79.9. The quantitative estimate of drug-likeness (QED) is 0.923. The molecule has 3 heteroatoms. The average Bonchev–Trinajstić information content (AvgIpc) is 2.36. The van der Waals surface area contributed by atoms with Crippen LogP contribution in [-0.4, -0.2) is 37.6 Å². The third-order valence-electron chi connectivity index (χ3n) is 4.50. The lowest BCUT2D eigenvalue weighted by molar-refractivity contribution is 0.128. The van der Waals surface area contributed by atoms with Crippen LogP contribution in [0.3, 0.4) is 0 Å². The highest BCUT2D eigenvalue weighted by Crippen LogP contribution is 2.44. The van der Waals surface area contributed by atoms with Crippen LogP contribution in [0.15, 0.2) is 28.7 Å². The molecule has 18 heavy (non-hydrogen) atoms. The Balaban J connectivity index is 1.74. The van der Waals surface area contributed by atoms with Gasteiger partial charge >= 0.3 is 0 Å². The van der Waals surface area contributed by atoms with Gasteiger partial charge in [0.15, 0.2) is 0 Å². The third kappa shape index (κ3) is 2.49. The van der Waals surface area contributed by atoms with E-state index in [4.69, 9.17) is 0 Å².